The number of hydrogen-bond acceptors (Lipinski definition) is 1. The van der Waals surface area contributed by atoms with E-state index in [1.807, 2.05) is 0 Å². The van der Waals surface area contributed by atoms with E-state index in [0.717, 1.165) is 6.42 Å². The SMILES string of the molecule is OC(Cc1ccc(I)cc1)C1CCCCCCC1. The standard InChI is InChI=1S/C16H23IO/c17-15-10-8-13(9-11-15)12-16(18)14-6-4-2-1-3-5-7-14/h8-11,14,16,18H,1-7,12H2. The second-order valence-electron chi connectivity index (χ2n) is 5.50. The quantitative estimate of drug-likeness (QED) is 0.786. The lowest BCUT2D eigenvalue weighted by molar-refractivity contribution is 0.0913. The summed E-state index contributed by atoms with van der Waals surface area (Å²) in [7, 11) is 0. The van der Waals surface area contributed by atoms with Crippen LogP contribution in [0.1, 0.15) is 50.5 Å². The van der Waals surface area contributed by atoms with E-state index >= 15 is 0 Å². The van der Waals surface area contributed by atoms with Gasteiger partial charge in [-0.2, -0.15) is 0 Å². The maximum atomic E-state index is 10.4. The first-order valence-corrected chi connectivity index (χ1v) is 8.26. The largest absolute Gasteiger partial charge is 0.392 e. The number of aliphatic hydroxyl groups is 1. The van der Waals surface area contributed by atoms with Crippen LogP contribution in [0.15, 0.2) is 24.3 Å². The van der Waals surface area contributed by atoms with Crippen molar-refractivity contribution in [2.45, 2.75) is 57.5 Å². The monoisotopic (exact) mass is 358 g/mol. The fourth-order valence-corrected chi connectivity index (χ4v) is 3.26. The summed E-state index contributed by atoms with van der Waals surface area (Å²) in [5.74, 6) is 0.518. The summed E-state index contributed by atoms with van der Waals surface area (Å²) in [5, 5.41) is 10.4. The minimum atomic E-state index is -0.150. The van der Waals surface area contributed by atoms with E-state index in [-0.39, 0.29) is 6.10 Å². The molecule has 0 heterocycles. The average molecular weight is 358 g/mol. The number of aliphatic hydroxyl groups excluding tert-OH is 1. The van der Waals surface area contributed by atoms with Gasteiger partial charge in [-0.3, -0.25) is 0 Å². The normalized spacial score (nSPS) is 20.1. The molecular weight excluding hydrogens is 335 g/mol. The van der Waals surface area contributed by atoms with E-state index in [1.165, 1.54) is 54.1 Å². The summed E-state index contributed by atoms with van der Waals surface area (Å²) < 4.78 is 1.26. The smallest absolute Gasteiger partial charge is 0.0608 e. The molecule has 18 heavy (non-hydrogen) atoms. The summed E-state index contributed by atoms with van der Waals surface area (Å²) >= 11 is 2.32. The van der Waals surface area contributed by atoms with Crippen molar-refractivity contribution in [2.75, 3.05) is 0 Å². The van der Waals surface area contributed by atoms with E-state index in [4.69, 9.17) is 0 Å². The number of rotatable bonds is 3. The highest BCUT2D eigenvalue weighted by molar-refractivity contribution is 14.1. The zero-order valence-corrected chi connectivity index (χ0v) is 13.1. The lowest BCUT2D eigenvalue weighted by Gasteiger charge is -2.25. The van der Waals surface area contributed by atoms with Gasteiger partial charge in [0.2, 0.25) is 0 Å². The summed E-state index contributed by atoms with van der Waals surface area (Å²) in [6.45, 7) is 0. The second kappa shape index (κ2) is 7.49. The Morgan fingerprint density at radius 3 is 2.17 bits per heavy atom. The third-order valence-electron chi connectivity index (χ3n) is 4.05. The van der Waals surface area contributed by atoms with E-state index < -0.39 is 0 Å². The Morgan fingerprint density at radius 1 is 1.00 bits per heavy atom. The fourth-order valence-electron chi connectivity index (χ4n) is 2.90. The van der Waals surface area contributed by atoms with Crippen molar-refractivity contribution in [3.63, 3.8) is 0 Å². The van der Waals surface area contributed by atoms with Gasteiger partial charge < -0.3 is 5.11 Å². The van der Waals surface area contributed by atoms with Crippen LogP contribution in [0.4, 0.5) is 0 Å². The molecule has 2 rings (SSSR count). The van der Waals surface area contributed by atoms with Crippen LogP contribution in [0.2, 0.25) is 0 Å². The molecule has 1 aromatic carbocycles. The molecule has 0 saturated heterocycles. The van der Waals surface area contributed by atoms with Gasteiger partial charge in [-0.15, -0.1) is 0 Å². The van der Waals surface area contributed by atoms with Crippen molar-refractivity contribution >= 4 is 22.6 Å². The van der Waals surface area contributed by atoms with E-state index in [2.05, 4.69) is 46.9 Å². The zero-order chi connectivity index (χ0) is 12.8. The van der Waals surface area contributed by atoms with Gasteiger partial charge in [-0.05, 0) is 65.5 Å². The van der Waals surface area contributed by atoms with Crippen LogP contribution in [-0.2, 0) is 6.42 Å². The Hall–Kier alpha value is -0.0900. The third kappa shape index (κ3) is 4.54. The molecule has 0 aromatic heterocycles. The topological polar surface area (TPSA) is 20.2 Å². The Labute approximate surface area is 124 Å². The fraction of sp³-hybridized carbons (Fsp3) is 0.625. The highest BCUT2D eigenvalue weighted by Crippen LogP contribution is 2.26. The number of hydrogen-bond donors (Lipinski definition) is 1. The molecule has 1 saturated carbocycles. The Balaban J connectivity index is 1.89. The molecule has 1 aliphatic rings. The van der Waals surface area contributed by atoms with Gasteiger partial charge in [0, 0.05) is 3.57 Å². The van der Waals surface area contributed by atoms with Crippen molar-refractivity contribution in [1.29, 1.82) is 0 Å². The maximum Gasteiger partial charge on any atom is 0.0608 e. The molecule has 1 aliphatic carbocycles. The second-order valence-corrected chi connectivity index (χ2v) is 6.75. The summed E-state index contributed by atoms with van der Waals surface area (Å²) in [6.07, 6.45) is 9.80. The van der Waals surface area contributed by atoms with Crippen LogP contribution in [0.25, 0.3) is 0 Å². The van der Waals surface area contributed by atoms with Gasteiger partial charge in [0.15, 0.2) is 0 Å². The molecular formula is C16H23IO. The lowest BCUT2D eigenvalue weighted by Crippen LogP contribution is -2.23. The van der Waals surface area contributed by atoms with E-state index in [0.29, 0.717) is 5.92 Å². The first-order valence-electron chi connectivity index (χ1n) is 7.18. The summed E-state index contributed by atoms with van der Waals surface area (Å²) in [4.78, 5) is 0. The Bertz CT molecular complexity index is 339. The molecule has 1 aromatic rings. The predicted molar refractivity (Wildman–Crippen MR) is 84.7 cm³/mol. The van der Waals surface area contributed by atoms with Gasteiger partial charge in [-0.1, -0.05) is 44.2 Å². The lowest BCUT2D eigenvalue weighted by atomic mass is 9.85. The molecule has 0 spiro atoms. The molecule has 1 atom stereocenters. The van der Waals surface area contributed by atoms with Gasteiger partial charge in [0.1, 0.15) is 0 Å². The molecule has 0 amide bonds. The average Bonchev–Trinajstić information content (AvgIpc) is 2.31. The Morgan fingerprint density at radius 2 is 1.56 bits per heavy atom. The number of halogens is 1. The van der Waals surface area contributed by atoms with Crippen LogP contribution in [0.5, 0.6) is 0 Å². The van der Waals surface area contributed by atoms with Gasteiger partial charge in [0.25, 0.3) is 0 Å². The van der Waals surface area contributed by atoms with Gasteiger partial charge >= 0.3 is 0 Å². The molecule has 0 radical (unpaired) electrons. The molecule has 1 N–H and O–H groups in total. The van der Waals surface area contributed by atoms with Crippen LogP contribution in [0, 0.1) is 9.49 Å². The van der Waals surface area contributed by atoms with E-state index in [9.17, 15) is 5.11 Å². The van der Waals surface area contributed by atoms with Crippen molar-refractivity contribution in [3.05, 3.63) is 33.4 Å². The predicted octanol–water partition coefficient (Wildman–Crippen LogP) is 4.56. The van der Waals surface area contributed by atoms with Crippen molar-refractivity contribution in [2.24, 2.45) is 5.92 Å². The molecule has 100 valence electrons. The zero-order valence-electron chi connectivity index (χ0n) is 10.9. The van der Waals surface area contributed by atoms with E-state index in [1.54, 1.807) is 0 Å². The van der Waals surface area contributed by atoms with Crippen molar-refractivity contribution in [3.8, 4) is 0 Å². The summed E-state index contributed by atoms with van der Waals surface area (Å²) in [6, 6.07) is 8.54. The Kier molecular flexibility index (Phi) is 5.96. The van der Waals surface area contributed by atoms with Gasteiger partial charge in [-0.25, -0.2) is 0 Å². The molecule has 1 unspecified atom stereocenters. The summed E-state index contributed by atoms with van der Waals surface area (Å²) in [5.41, 5.74) is 1.27. The van der Waals surface area contributed by atoms with Crippen LogP contribution in [-0.4, -0.2) is 11.2 Å². The first-order chi connectivity index (χ1) is 8.75. The third-order valence-corrected chi connectivity index (χ3v) is 4.77. The van der Waals surface area contributed by atoms with Crippen molar-refractivity contribution in [1.82, 2.24) is 0 Å². The van der Waals surface area contributed by atoms with Crippen LogP contribution >= 0.6 is 22.6 Å². The maximum absolute atomic E-state index is 10.4. The molecule has 0 bridgehead atoms. The minimum Gasteiger partial charge on any atom is -0.392 e. The molecule has 0 aliphatic heterocycles. The minimum absolute atomic E-state index is 0.150. The number of benzene rings is 1. The van der Waals surface area contributed by atoms with Crippen LogP contribution in [0.3, 0.4) is 0 Å². The molecule has 1 nitrogen and oxygen atoms in total. The highest BCUT2D eigenvalue weighted by atomic mass is 127. The molecule has 2 heteroatoms. The molecule has 1 fully saturated rings. The first kappa shape index (κ1) is 14.3. The van der Waals surface area contributed by atoms with Crippen LogP contribution < -0.4 is 0 Å². The van der Waals surface area contributed by atoms with Gasteiger partial charge in [0.05, 0.1) is 6.10 Å². The van der Waals surface area contributed by atoms with Crippen molar-refractivity contribution < 1.29 is 5.11 Å². The highest BCUT2D eigenvalue weighted by Gasteiger charge is 2.20.